The molecule has 1 aliphatic rings. The van der Waals surface area contributed by atoms with E-state index < -0.39 is 0 Å². The van der Waals surface area contributed by atoms with Gasteiger partial charge in [0.05, 0.1) is 11.1 Å². The highest BCUT2D eigenvalue weighted by atomic mass is 79.9. The molecule has 2 nitrogen and oxygen atoms in total. The molecule has 1 fully saturated rings. The highest BCUT2D eigenvalue weighted by Crippen LogP contribution is 2.40. The van der Waals surface area contributed by atoms with Crippen LogP contribution in [-0.2, 0) is 0 Å². The van der Waals surface area contributed by atoms with Crippen molar-refractivity contribution in [2.45, 2.75) is 45.1 Å². The molecule has 1 unspecified atom stereocenters. The lowest BCUT2D eigenvalue weighted by Gasteiger charge is -2.34. The number of halogens is 2. The van der Waals surface area contributed by atoms with Crippen LogP contribution in [0.3, 0.4) is 0 Å². The van der Waals surface area contributed by atoms with E-state index in [0.717, 1.165) is 21.0 Å². The predicted molar refractivity (Wildman–Crippen MR) is 85.0 cm³/mol. The van der Waals surface area contributed by atoms with Crippen LogP contribution in [0.2, 0.25) is 5.02 Å². The van der Waals surface area contributed by atoms with E-state index in [1.165, 1.54) is 32.1 Å². The Hall–Kier alpha value is -0.0900. The van der Waals surface area contributed by atoms with E-state index in [2.05, 4.69) is 34.3 Å². The highest BCUT2D eigenvalue weighted by Gasteiger charge is 2.28. The fraction of sp³-hybridized carbons (Fsp3) is 0.600. The standard InChI is InChI=1S/C15H22BrClN2/c1-2-10-6-8-11(9-7-10)15(19-18)12-4-3-5-13(16)14(12)17/h3-5,10-11,15,19H,2,6-9,18H2,1H3. The molecule has 2 rings (SSSR count). The summed E-state index contributed by atoms with van der Waals surface area (Å²) in [6, 6.07) is 6.22. The van der Waals surface area contributed by atoms with Gasteiger partial charge in [-0.2, -0.15) is 0 Å². The molecule has 106 valence electrons. The van der Waals surface area contributed by atoms with E-state index in [1.807, 2.05) is 12.1 Å². The van der Waals surface area contributed by atoms with Gasteiger partial charge in [0, 0.05) is 4.47 Å². The lowest BCUT2D eigenvalue weighted by atomic mass is 9.76. The second kappa shape index (κ2) is 7.07. The summed E-state index contributed by atoms with van der Waals surface area (Å²) in [5, 5.41) is 0.781. The second-order valence-corrected chi connectivity index (χ2v) is 6.71. The van der Waals surface area contributed by atoms with Gasteiger partial charge >= 0.3 is 0 Å². The Morgan fingerprint density at radius 2 is 2.05 bits per heavy atom. The Morgan fingerprint density at radius 3 is 2.63 bits per heavy atom. The number of nitrogens with two attached hydrogens (primary N) is 1. The molecule has 3 N–H and O–H groups in total. The molecule has 0 amide bonds. The fourth-order valence-electron chi connectivity index (χ4n) is 3.17. The van der Waals surface area contributed by atoms with Crippen molar-refractivity contribution in [3.63, 3.8) is 0 Å². The molecule has 4 heteroatoms. The van der Waals surface area contributed by atoms with Crippen molar-refractivity contribution in [2.75, 3.05) is 0 Å². The molecule has 0 radical (unpaired) electrons. The third-order valence-corrected chi connectivity index (χ3v) is 5.75. The van der Waals surface area contributed by atoms with Gasteiger partial charge in [0.15, 0.2) is 0 Å². The largest absolute Gasteiger partial charge is 0.271 e. The van der Waals surface area contributed by atoms with E-state index in [0.29, 0.717) is 5.92 Å². The molecule has 0 aliphatic heterocycles. The Bertz CT molecular complexity index is 417. The van der Waals surface area contributed by atoms with Crippen LogP contribution in [0, 0.1) is 11.8 Å². The second-order valence-electron chi connectivity index (χ2n) is 5.48. The number of hydrazine groups is 1. The molecule has 0 heterocycles. The number of benzene rings is 1. The Kier molecular flexibility index (Phi) is 5.70. The number of hydrogen-bond donors (Lipinski definition) is 2. The number of rotatable bonds is 4. The maximum absolute atomic E-state index is 6.40. The van der Waals surface area contributed by atoms with E-state index in [9.17, 15) is 0 Å². The van der Waals surface area contributed by atoms with Gasteiger partial charge in [-0.3, -0.25) is 11.3 Å². The van der Waals surface area contributed by atoms with Gasteiger partial charge in [-0.05, 0) is 52.2 Å². The minimum atomic E-state index is 0.155. The van der Waals surface area contributed by atoms with Gasteiger partial charge in [-0.15, -0.1) is 0 Å². The lowest BCUT2D eigenvalue weighted by Crippen LogP contribution is -2.35. The third-order valence-electron chi connectivity index (χ3n) is 4.44. The first kappa shape index (κ1) is 15.3. The van der Waals surface area contributed by atoms with Crippen LogP contribution < -0.4 is 11.3 Å². The summed E-state index contributed by atoms with van der Waals surface area (Å²) in [5.74, 6) is 7.28. The Balaban J connectivity index is 2.14. The molecule has 1 aliphatic carbocycles. The SMILES string of the molecule is CCC1CCC(C(NN)c2cccc(Br)c2Cl)CC1. The fourth-order valence-corrected chi connectivity index (χ4v) is 3.80. The van der Waals surface area contributed by atoms with E-state index in [1.54, 1.807) is 0 Å². The topological polar surface area (TPSA) is 38.0 Å². The number of nitrogens with one attached hydrogen (secondary N) is 1. The average Bonchev–Trinajstić information content (AvgIpc) is 2.45. The smallest absolute Gasteiger partial charge is 0.0596 e. The predicted octanol–water partition coefficient (Wildman–Crippen LogP) is 4.82. The van der Waals surface area contributed by atoms with Crippen LogP contribution in [0.25, 0.3) is 0 Å². The van der Waals surface area contributed by atoms with Crippen LogP contribution in [0.4, 0.5) is 0 Å². The Morgan fingerprint density at radius 1 is 1.37 bits per heavy atom. The van der Waals surface area contributed by atoms with Gasteiger partial charge in [-0.25, -0.2) is 0 Å². The third kappa shape index (κ3) is 3.52. The van der Waals surface area contributed by atoms with Gasteiger partial charge in [0.2, 0.25) is 0 Å². The maximum atomic E-state index is 6.40. The monoisotopic (exact) mass is 344 g/mol. The molecule has 0 bridgehead atoms. The minimum Gasteiger partial charge on any atom is -0.271 e. The summed E-state index contributed by atoms with van der Waals surface area (Å²) >= 11 is 9.89. The van der Waals surface area contributed by atoms with Gasteiger partial charge in [0.25, 0.3) is 0 Å². The summed E-state index contributed by atoms with van der Waals surface area (Å²) in [5.41, 5.74) is 4.09. The van der Waals surface area contributed by atoms with Crippen LogP contribution in [0.1, 0.15) is 50.6 Å². The van der Waals surface area contributed by atoms with Crippen LogP contribution in [-0.4, -0.2) is 0 Å². The highest BCUT2D eigenvalue weighted by molar-refractivity contribution is 9.10. The first-order valence-electron chi connectivity index (χ1n) is 7.07. The molecule has 19 heavy (non-hydrogen) atoms. The first-order chi connectivity index (χ1) is 9.17. The summed E-state index contributed by atoms with van der Waals surface area (Å²) in [4.78, 5) is 0. The van der Waals surface area contributed by atoms with Gasteiger partial charge in [-0.1, -0.05) is 49.9 Å². The lowest BCUT2D eigenvalue weighted by molar-refractivity contribution is 0.219. The van der Waals surface area contributed by atoms with E-state index in [-0.39, 0.29) is 6.04 Å². The van der Waals surface area contributed by atoms with Crippen molar-refractivity contribution in [3.8, 4) is 0 Å². The maximum Gasteiger partial charge on any atom is 0.0596 e. The zero-order valence-corrected chi connectivity index (χ0v) is 13.7. The molecule has 1 aromatic carbocycles. The summed E-state index contributed by atoms with van der Waals surface area (Å²) in [6.45, 7) is 2.29. The molecule has 1 atom stereocenters. The molecule has 0 aromatic heterocycles. The van der Waals surface area contributed by atoms with Crippen molar-refractivity contribution >= 4 is 27.5 Å². The van der Waals surface area contributed by atoms with E-state index in [4.69, 9.17) is 17.4 Å². The normalized spacial score (nSPS) is 25.3. The minimum absolute atomic E-state index is 0.155. The van der Waals surface area contributed by atoms with Crippen LogP contribution in [0.15, 0.2) is 22.7 Å². The van der Waals surface area contributed by atoms with Crippen LogP contribution >= 0.6 is 27.5 Å². The van der Waals surface area contributed by atoms with Crippen molar-refractivity contribution in [2.24, 2.45) is 17.7 Å². The van der Waals surface area contributed by atoms with Crippen molar-refractivity contribution in [1.29, 1.82) is 0 Å². The average molecular weight is 346 g/mol. The molecule has 0 spiro atoms. The van der Waals surface area contributed by atoms with Crippen molar-refractivity contribution in [3.05, 3.63) is 33.3 Å². The molecular weight excluding hydrogens is 324 g/mol. The molecular formula is C15H22BrClN2. The number of hydrogen-bond acceptors (Lipinski definition) is 2. The summed E-state index contributed by atoms with van der Waals surface area (Å²) < 4.78 is 0.939. The van der Waals surface area contributed by atoms with Gasteiger partial charge < -0.3 is 0 Å². The zero-order chi connectivity index (χ0) is 13.8. The molecule has 0 saturated heterocycles. The van der Waals surface area contributed by atoms with E-state index >= 15 is 0 Å². The van der Waals surface area contributed by atoms with Crippen molar-refractivity contribution in [1.82, 2.24) is 5.43 Å². The first-order valence-corrected chi connectivity index (χ1v) is 8.24. The Labute approximate surface area is 129 Å². The molecule has 1 saturated carbocycles. The summed E-state index contributed by atoms with van der Waals surface area (Å²) in [6.07, 6.45) is 6.38. The quantitative estimate of drug-likeness (QED) is 0.606. The van der Waals surface area contributed by atoms with Crippen molar-refractivity contribution < 1.29 is 0 Å². The van der Waals surface area contributed by atoms with Gasteiger partial charge in [0.1, 0.15) is 0 Å². The van der Waals surface area contributed by atoms with Crippen LogP contribution in [0.5, 0.6) is 0 Å². The summed E-state index contributed by atoms with van der Waals surface area (Å²) in [7, 11) is 0. The zero-order valence-electron chi connectivity index (χ0n) is 11.3. The molecule has 1 aromatic rings.